The lowest BCUT2D eigenvalue weighted by molar-refractivity contribution is -0.140. The zero-order valence-electron chi connectivity index (χ0n) is 9.34. The molecule has 1 unspecified atom stereocenters. The molecule has 0 saturated carbocycles. The molecule has 88 valence electrons. The Labute approximate surface area is 98.5 Å². The second-order valence-electron chi connectivity index (χ2n) is 3.89. The minimum atomic E-state index is -0.740. The van der Waals surface area contributed by atoms with Gasteiger partial charge in [-0.3, -0.25) is 4.79 Å². The van der Waals surface area contributed by atoms with Crippen molar-refractivity contribution in [3.05, 3.63) is 47.2 Å². The van der Waals surface area contributed by atoms with Gasteiger partial charge in [-0.2, -0.15) is 0 Å². The number of ether oxygens (including phenoxy) is 1. The van der Waals surface area contributed by atoms with E-state index in [-0.39, 0.29) is 17.8 Å². The standard InChI is InChI=1S/C13H12O4/c1-8-12(15)11(13(16)17-8)10(14)7-9-5-3-2-4-6-9/h2-6,8,15H,7H2,1H3. The molecule has 1 atom stereocenters. The molecule has 0 saturated heterocycles. The molecule has 0 bridgehead atoms. The molecule has 0 fully saturated rings. The van der Waals surface area contributed by atoms with Gasteiger partial charge in [0, 0.05) is 6.42 Å². The Morgan fingerprint density at radius 2 is 2.00 bits per heavy atom. The number of carbonyl (C=O) groups excluding carboxylic acids is 2. The Bertz CT molecular complexity index is 487. The zero-order valence-corrected chi connectivity index (χ0v) is 9.34. The molecule has 1 aliphatic heterocycles. The van der Waals surface area contributed by atoms with Crippen LogP contribution in [0.2, 0.25) is 0 Å². The minimum absolute atomic E-state index is 0.0854. The van der Waals surface area contributed by atoms with Gasteiger partial charge >= 0.3 is 5.97 Å². The summed E-state index contributed by atoms with van der Waals surface area (Å²) in [5.74, 6) is -1.42. The van der Waals surface area contributed by atoms with E-state index in [0.717, 1.165) is 5.56 Å². The van der Waals surface area contributed by atoms with E-state index in [0.29, 0.717) is 0 Å². The highest BCUT2D eigenvalue weighted by atomic mass is 16.6. The molecular weight excluding hydrogens is 220 g/mol. The van der Waals surface area contributed by atoms with E-state index in [1.807, 2.05) is 18.2 Å². The average Bonchev–Trinajstić information content (AvgIpc) is 2.54. The van der Waals surface area contributed by atoms with Crippen LogP contribution in [0.1, 0.15) is 12.5 Å². The number of cyclic esters (lactones) is 1. The smallest absolute Gasteiger partial charge is 0.346 e. The van der Waals surface area contributed by atoms with Gasteiger partial charge in [-0.15, -0.1) is 0 Å². The van der Waals surface area contributed by atoms with Crippen LogP contribution < -0.4 is 0 Å². The monoisotopic (exact) mass is 232 g/mol. The first-order valence-corrected chi connectivity index (χ1v) is 5.31. The van der Waals surface area contributed by atoms with Crippen molar-refractivity contribution in [3.8, 4) is 0 Å². The Morgan fingerprint density at radius 3 is 2.53 bits per heavy atom. The molecule has 1 aliphatic rings. The van der Waals surface area contributed by atoms with Crippen LogP contribution in [-0.2, 0) is 20.7 Å². The van der Waals surface area contributed by atoms with Gasteiger partial charge in [0.1, 0.15) is 5.57 Å². The van der Waals surface area contributed by atoms with Crippen LogP contribution in [0.4, 0.5) is 0 Å². The van der Waals surface area contributed by atoms with Crippen molar-refractivity contribution < 1.29 is 19.4 Å². The number of rotatable bonds is 3. The first kappa shape index (κ1) is 11.4. The third-order valence-electron chi connectivity index (χ3n) is 2.62. The van der Waals surface area contributed by atoms with Gasteiger partial charge in [0.2, 0.25) is 0 Å². The number of hydrogen-bond donors (Lipinski definition) is 1. The quantitative estimate of drug-likeness (QED) is 0.634. The van der Waals surface area contributed by atoms with Gasteiger partial charge in [0.15, 0.2) is 17.6 Å². The summed E-state index contributed by atoms with van der Waals surface area (Å²) >= 11 is 0. The second kappa shape index (κ2) is 4.41. The van der Waals surface area contributed by atoms with E-state index in [1.54, 1.807) is 12.1 Å². The van der Waals surface area contributed by atoms with Crippen LogP contribution in [-0.4, -0.2) is 23.0 Å². The number of hydrogen-bond acceptors (Lipinski definition) is 4. The molecule has 0 radical (unpaired) electrons. The first-order chi connectivity index (χ1) is 8.09. The van der Waals surface area contributed by atoms with Crippen molar-refractivity contribution in [2.75, 3.05) is 0 Å². The van der Waals surface area contributed by atoms with E-state index < -0.39 is 17.9 Å². The Balaban J connectivity index is 2.19. The largest absolute Gasteiger partial charge is 0.507 e. The van der Waals surface area contributed by atoms with Crippen molar-refractivity contribution in [3.63, 3.8) is 0 Å². The van der Waals surface area contributed by atoms with Gasteiger partial charge in [0.05, 0.1) is 0 Å². The third-order valence-corrected chi connectivity index (χ3v) is 2.62. The van der Waals surface area contributed by atoms with Crippen LogP contribution in [0.3, 0.4) is 0 Å². The Hall–Kier alpha value is -2.10. The van der Waals surface area contributed by atoms with Crippen molar-refractivity contribution in [1.29, 1.82) is 0 Å². The molecule has 1 N–H and O–H groups in total. The summed E-state index contributed by atoms with van der Waals surface area (Å²) in [7, 11) is 0. The molecule has 2 rings (SSSR count). The molecule has 17 heavy (non-hydrogen) atoms. The summed E-state index contributed by atoms with van der Waals surface area (Å²) in [6, 6.07) is 9.05. The highest BCUT2D eigenvalue weighted by Gasteiger charge is 2.35. The SMILES string of the molecule is CC1OC(=O)C(C(=O)Cc2ccccc2)=C1O. The van der Waals surface area contributed by atoms with Gasteiger partial charge in [-0.05, 0) is 12.5 Å². The van der Waals surface area contributed by atoms with Crippen molar-refractivity contribution >= 4 is 11.8 Å². The molecule has 1 heterocycles. The predicted molar refractivity (Wildman–Crippen MR) is 60.4 cm³/mol. The van der Waals surface area contributed by atoms with E-state index in [1.165, 1.54) is 6.92 Å². The highest BCUT2D eigenvalue weighted by Crippen LogP contribution is 2.22. The lowest BCUT2D eigenvalue weighted by atomic mass is 10.0. The van der Waals surface area contributed by atoms with Crippen LogP contribution in [0.15, 0.2) is 41.7 Å². The lowest BCUT2D eigenvalue weighted by Crippen LogP contribution is -2.13. The lowest BCUT2D eigenvalue weighted by Gasteiger charge is -2.00. The third kappa shape index (κ3) is 2.20. The minimum Gasteiger partial charge on any atom is -0.507 e. The summed E-state index contributed by atoms with van der Waals surface area (Å²) < 4.78 is 4.76. The molecular formula is C13H12O4. The number of ketones is 1. The number of esters is 1. The molecule has 0 spiro atoms. The highest BCUT2D eigenvalue weighted by molar-refractivity contribution is 6.19. The van der Waals surface area contributed by atoms with Crippen molar-refractivity contribution in [1.82, 2.24) is 0 Å². The summed E-state index contributed by atoms with van der Waals surface area (Å²) in [6.45, 7) is 1.52. The summed E-state index contributed by atoms with van der Waals surface area (Å²) in [6.07, 6.45) is -0.639. The van der Waals surface area contributed by atoms with Crippen LogP contribution in [0, 0.1) is 0 Å². The van der Waals surface area contributed by atoms with Gasteiger partial charge in [0.25, 0.3) is 0 Å². The number of Topliss-reactive ketones (excluding diaryl/α,β-unsaturated/α-hetero) is 1. The van der Waals surface area contributed by atoms with Gasteiger partial charge in [-0.25, -0.2) is 4.79 Å². The maximum absolute atomic E-state index is 11.9. The molecule has 1 aromatic rings. The van der Waals surface area contributed by atoms with E-state index in [2.05, 4.69) is 0 Å². The normalized spacial score (nSPS) is 19.4. The van der Waals surface area contributed by atoms with Crippen LogP contribution >= 0.6 is 0 Å². The number of aliphatic hydroxyl groups is 1. The van der Waals surface area contributed by atoms with Crippen molar-refractivity contribution in [2.45, 2.75) is 19.4 Å². The average molecular weight is 232 g/mol. The van der Waals surface area contributed by atoms with Gasteiger partial charge in [-0.1, -0.05) is 30.3 Å². The van der Waals surface area contributed by atoms with E-state index >= 15 is 0 Å². The van der Waals surface area contributed by atoms with E-state index in [4.69, 9.17) is 4.74 Å². The topological polar surface area (TPSA) is 63.6 Å². The first-order valence-electron chi connectivity index (χ1n) is 5.31. The number of aliphatic hydroxyl groups excluding tert-OH is 1. The second-order valence-corrected chi connectivity index (χ2v) is 3.89. The number of benzene rings is 1. The zero-order chi connectivity index (χ0) is 12.4. The predicted octanol–water partition coefficient (Wildman–Crippen LogP) is 1.56. The fourth-order valence-corrected chi connectivity index (χ4v) is 1.71. The summed E-state index contributed by atoms with van der Waals surface area (Å²) in [4.78, 5) is 23.2. The Morgan fingerprint density at radius 1 is 1.35 bits per heavy atom. The molecule has 4 nitrogen and oxygen atoms in total. The van der Waals surface area contributed by atoms with Crippen LogP contribution in [0.5, 0.6) is 0 Å². The van der Waals surface area contributed by atoms with Gasteiger partial charge < -0.3 is 9.84 Å². The fourth-order valence-electron chi connectivity index (χ4n) is 1.71. The maximum Gasteiger partial charge on any atom is 0.346 e. The number of carbonyl (C=O) groups is 2. The summed E-state index contributed by atoms with van der Waals surface area (Å²) in [5.41, 5.74) is 0.575. The van der Waals surface area contributed by atoms with Crippen LogP contribution in [0.25, 0.3) is 0 Å². The molecule has 1 aromatic carbocycles. The fraction of sp³-hybridized carbons (Fsp3) is 0.231. The molecule has 0 aliphatic carbocycles. The van der Waals surface area contributed by atoms with Crippen molar-refractivity contribution in [2.24, 2.45) is 0 Å². The summed E-state index contributed by atoms with van der Waals surface area (Å²) in [5, 5.41) is 9.59. The molecule has 0 aromatic heterocycles. The van der Waals surface area contributed by atoms with E-state index in [9.17, 15) is 14.7 Å². The molecule has 0 amide bonds. The Kier molecular flexibility index (Phi) is 2.95. The molecule has 4 heteroatoms. The maximum atomic E-state index is 11.9.